The van der Waals surface area contributed by atoms with Gasteiger partial charge in [-0.3, -0.25) is 0 Å². The summed E-state index contributed by atoms with van der Waals surface area (Å²) >= 11 is 5.02. The van der Waals surface area contributed by atoms with Gasteiger partial charge in [0.2, 0.25) is 0 Å². The summed E-state index contributed by atoms with van der Waals surface area (Å²) in [5.41, 5.74) is 6.28. The van der Waals surface area contributed by atoms with Crippen LogP contribution in [0, 0.1) is 5.92 Å². The van der Waals surface area contributed by atoms with Crippen LogP contribution in [-0.4, -0.2) is 41.3 Å². The number of aromatic nitrogens is 2. The summed E-state index contributed by atoms with van der Waals surface area (Å²) in [6.45, 7) is 3.93. The molecule has 1 aromatic heterocycles. The summed E-state index contributed by atoms with van der Waals surface area (Å²) in [5, 5.41) is 0. The van der Waals surface area contributed by atoms with Crippen LogP contribution in [0.2, 0.25) is 0 Å². The van der Waals surface area contributed by atoms with E-state index in [1.807, 2.05) is 0 Å². The van der Waals surface area contributed by atoms with Crippen LogP contribution in [0.4, 0.5) is 5.82 Å². The van der Waals surface area contributed by atoms with Crippen LogP contribution in [0.1, 0.15) is 19.0 Å². The predicted octanol–water partition coefficient (Wildman–Crippen LogP) is 0.972. The number of nitrogens with zero attached hydrogens (tertiary/aromatic N) is 3. The highest BCUT2D eigenvalue weighted by Crippen LogP contribution is 2.24. The zero-order valence-electron chi connectivity index (χ0n) is 10.7. The molecule has 98 valence electrons. The van der Waals surface area contributed by atoms with Gasteiger partial charge in [0.25, 0.3) is 0 Å². The van der Waals surface area contributed by atoms with Crippen molar-refractivity contribution in [3.63, 3.8) is 0 Å². The van der Waals surface area contributed by atoms with Gasteiger partial charge in [-0.2, -0.15) is 0 Å². The van der Waals surface area contributed by atoms with E-state index in [1.54, 1.807) is 19.5 Å². The molecule has 2 N–H and O–H groups in total. The maximum Gasteiger partial charge on any atom is 0.157 e. The second kappa shape index (κ2) is 5.58. The molecular formula is C12H18N4OS. The Morgan fingerprint density at radius 3 is 2.89 bits per heavy atom. The van der Waals surface area contributed by atoms with Gasteiger partial charge in [-0.1, -0.05) is 19.1 Å². The van der Waals surface area contributed by atoms with E-state index < -0.39 is 0 Å². The van der Waals surface area contributed by atoms with E-state index in [0.717, 1.165) is 25.3 Å². The zero-order chi connectivity index (χ0) is 13.1. The Hall–Kier alpha value is -1.27. The largest absolute Gasteiger partial charge is 0.388 e. The molecule has 1 aromatic rings. The van der Waals surface area contributed by atoms with E-state index in [4.69, 9.17) is 22.7 Å². The van der Waals surface area contributed by atoms with Crippen molar-refractivity contribution in [2.45, 2.75) is 19.4 Å². The highest BCUT2D eigenvalue weighted by Gasteiger charge is 2.28. The zero-order valence-corrected chi connectivity index (χ0v) is 11.5. The van der Waals surface area contributed by atoms with E-state index >= 15 is 0 Å². The van der Waals surface area contributed by atoms with Crippen molar-refractivity contribution in [2.24, 2.45) is 11.7 Å². The minimum Gasteiger partial charge on any atom is -0.388 e. The maximum absolute atomic E-state index is 5.69. The minimum atomic E-state index is 0.208. The second-order valence-corrected chi connectivity index (χ2v) is 5.02. The number of piperidine rings is 1. The van der Waals surface area contributed by atoms with Crippen LogP contribution in [0.15, 0.2) is 12.4 Å². The highest BCUT2D eigenvalue weighted by atomic mass is 32.1. The van der Waals surface area contributed by atoms with Crippen LogP contribution in [0.5, 0.6) is 0 Å². The Kier molecular flexibility index (Phi) is 4.08. The van der Waals surface area contributed by atoms with E-state index in [0.29, 0.717) is 11.6 Å². The topological polar surface area (TPSA) is 64.3 Å². The van der Waals surface area contributed by atoms with Crippen LogP contribution >= 0.6 is 12.2 Å². The van der Waals surface area contributed by atoms with Gasteiger partial charge in [-0.15, -0.1) is 0 Å². The molecular weight excluding hydrogens is 248 g/mol. The first-order valence-corrected chi connectivity index (χ1v) is 6.43. The van der Waals surface area contributed by atoms with Crippen molar-refractivity contribution in [1.82, 2.24) is 9.97 Å². The molecule has 0 saturated carbocycles. The lowest BCUT2D eigenvalue weighted by Crippen LogP contribution is -2.45. The molecule has 0 radical (unpaired) electrons. The number of hydrogen-bond acceptors (Lipinski definition) is 5. The number of anilines is 1. The van der Waals surface area contributed by atoms with Crippen molar-refractivity contribution >= 4 is 23.0 Å². The molecule has 6 heteroatoms. The fourth-order valence-electron chi connectivity index (χ4n) is 2.27. The van der Waals surface area contributed by atoms with Gasteiger partial charge >= 0.3 is 0 Å². The summed E-state index contributed by atoms with van der Waals surface area (Å²) in [6, 6.07) is 0. The predicted molar refractivity (Wildman–Crippen MR) is 74.7 cm³/mol. The van der Waals surface area contributed by atoms with Gasteiger partial charge < -0.3 is 15.4 Å². The normalized spacial score (nSPS) is 24.0. The van der Waals surface area contributed by atoms with Crippen molar-refractivity contribution in [2.75, 3.05) is 25.1 Å². The molecule has 0 spiro atoms. The molecule has 2 heterocycles. The SMILES string of the molecule is COC1CN(c2nccnc2C(N)=S)CCC1C. The molecule has 18 heavy (non-hydrogen) atoms. The summed E-state index contributed by atoms with van der Waals surface area (Å²) < 4.78 is 5.50. The third kappa shape index (κ3) is 2.59. The molecule has 0 aliphatic carbocycles. The number of rotatable bonds is 3. The number of thiocarbonyl (C=S) groups is 1. The quantitative estimate of drug-likeness (QED) is 0.823. The molecule has 2 unspecified atom stereocenters. The Labute approximate surface area is 112 Å². The monoisotopic (exact) mass is 266 g/mol. The van der Waals surface area contributed by atoms with Crippen LogP contribution in [0.3, 0.4) is 0 Å². The summed E-state index contributed by atoms with van der Waals surface area (Å²) in [7, 11) is 1.75. The Morgan fingerprint density at radius 2 is 2.22 bits per heavy atom. The van der Waals surface area contributed by atoms with Gasteiger partial charge in [0.05, 0.1) is 6.10 Å². The third-order valence-corrected chi connectivity index (χ3v) is 3.60. The van der Waals surface area contributed by atoms with Crippen LogP contribution in [-0.2, 0) is 4.74 Å². The lowest BCUT2D eigenvalue weighted by molar-refractivity contribution is 0.0496. The molecule has 1 aliphatic rings. The molecule has 0 bridgehead atoms. The smallest absolute Gasteiger partial charge is 0.157 e. The molecule has 5 nitrogen and oxygen atoms in total. The first-order valence-electron chi connectivity index (χ1n) is 6.02. The summed E-state index contributed by atoms with van der Waals surface area (Å²) in [6.07, 6.45) is 4.54. The van der Waals surface area contributed by atoms with Gasteiger partial charge in [0, 0.05) is 32.6 Å². The van der Waals surface area contributed by atoms with Crippen molar-refractivity contribution in [3.8, 4) is 0 Å². The fraction of sp³-hybridized carbons (Fsp3) is 0.583. The van der Waals surface area contributed by atoms with Gasteiger partial charge in [-0.25, -0.2) is 9.97 Å². The second-order valence-electron chi connectivity index (χ2n) is 4.58. The molecule has 0 aromatic carbocycles. The van der Waals surface area contributed by atoms with Crippen molar-refractivity contribution in [3.05, 3.63) is 18.1 Å². The number of ether oxygens (including phenoxy) is 1. The minimum absolute atomic E-state index is 0.208. The van der Waals surface area contributed by atoms with Crippen molar-refractivity contribution < 1.29 is 4.74 Å². The molecule has 0 amide bonds. The van der Waals surface area contributed by atoms with Crippen molar-refractivity contribution in [1.29, 1.82) is 0 Å². The Balaban J connectivity index is 2.24. The number of methoxy groups -OCH3 is 1. The average molecular weight is 266 g/mol. The molecule has 2 atom stereocenters. The summed E-state index contributed by atoms with van der Waals surface area (Å²) in [5.74, 6) is 1.31. The molecule has 2 rings (SSSR count). The maximum atomic E-state index is 5.69. The first-order chi connectivity index (χ1) is 8.63. The molecule has 1 fully saturated rings. The Morgan fingerprint density at radius 1 is 1.50 bits per heavy atom. The summed E-state index contributed by atoms with van der Waals surface area (Å²) in [4.78, 5) is 11.0. The standard InChI is InChI=1S/C12H18N4OS/c1-8-3-6-16(7-9(8)17-2)12-10(11(13)18)14-4-5-15-12/h4-5,8-9H,3,6-7H2,1-2H3,(H2,13,18). The van der Waals surface area contributed by atoms with Gasteiger partial charge in [-0.05, 0) is 12.3 Å². The lowest BCUT2D eigenvalue weighted by Gasteiger charge is -2.37. The molecule has 1 saturated heterocycles. The number of nitrogens with two attached hydrogens (primary N) is 1. The van der Waals surface area contributed by atoms with E-state index in [9.17, 15) is 0 Å². The van der Waals surface area contributed by atoms with E-state index in [1.165, 1.54) is 0 Å². The van der Waals surface area contributed by atoms with E-state index in [-0.39, 0.29) is 11.1 Å². The van der Waals surface area contributed by atoms with E-state index in [2.05, 4.69) is 21.8 Å². The van der Waals surface area contributed by atoms with Gasteiger partial charge in [0.1, 0.15) is 10.7 Å². The van der Waals surface area contributed by atoms with Gasteiger partial charge in [0.15, 0.2) is 5.82 Å². The first kappa shape index (κ1) is 13.2. The highest BCUT2D eigenvalue weighted by molar-refractivity contribution is 7.80. The third-order valence-electron chi connectivity index (χ3n) is 3.40. The fourth-order valence-corrected chi connectivity index (χ4v) is 2.41. The average Bonchev–Trinajstić information content (AvgIpc) is 2.39. The van der Waals surface area contributed by atoms with Crippen LogP contribution < -0.4 is 10.6 Å². The number of hydrogen-bond donors (Lipinski definition) is 1. The Bertz CT molecular complexity index is 440. The lowest BCUT2D eigenvalue weighted by atomic mass is 9.96. The molecule has 1 aliphatic heterocycles. The van der Waals surface area contributed by atoms with Crippen LogP contribution in [0.25, 0.3) is 0 Å².